The van der Waals surface area contributed by atoms with Gasteiger partial charge in [0.2, 0.25) is 5.91 Å². The van der Waals surface area contributed by atoms with Crippen molar-refractivity contribution in [1.82, 2.24) is 4.98 Å². The Bertz CT molecular complexity index is 1090. The molecule has 1 N–H and O–H groups in total. The number of ether oxygens (including phenoxy) is 1. The summed E-state index contributed by atoms with van der Waals surface area (Å²) in [6.45, 7) is 12.1. The van der Waals surface area contributed by atoms with E-state index in [0.717, 1.165) is 52.4 Å². The first kappa shape index (κ1) is 22.3. The molecule has 0 unspecified atom stereocenters. The molecule has 5 nitrogen and oxygen atoms in total. The molecule has 1 heterocycles. The van der Waals surface area contributed by atoms with Gasteiger partial charge in [-0.3, -0.25) is 4.79 Å². The lowest BCUT2D eigenvalue weighted by Crippen LogP contribution is -2.23. The Kier molecular flexibility index (Phi) is 7.29. The molecule has 162 valence electrons. The number of hydrogen-bond acceptors (Lipinski definition) is 4. The highest BCUT2D eigenvalue weighted by Crippen LogP contribution is 2.26. The van der Waals surface area contributed by atoms with Crippen LogP contribution in [0, 0.1) is 6.92 Å². The molecule has 0 fully saturated rings. The summed E-state index contributed by atoms with van der Waals surface area (Å²) in [4.78, 5) is 19.5. The van der Waals surface area contributed by atoms with Crippen molar-refractivity contribution in [2.75, 3.05) is 23.3 Å². The lowest BCUT2D eigenvalue weighted by Gasteiger charge is -2.21. The maximum Gasteiger partial charge on any atom is 0.248 e. The molecule has 0 spiro atoms. The van der Waals surface area contributed by atoms with Crippen LogP contribution in [0.3, 0.4) is 0 Å². The van der Waals surface area contributed by atoms with Crippen LogP contribution in [0.1, 0.15) is 38.8 Å². The van der Waals surface area contributed by atoms with E-state index in [1.165, 1.54) is 6.08 Å². The number of amides is 1. The van der Waals surface area contributed by atoms with Gasteiger partial charge in [-0.15, -0.1) is 0 Å². The highest BCUT2D eigenvalue weighted by molar-refractivity contribution is 6.03. The fourth-order valence-corrected chi connectivity index (χ4v) is 3.49. The summed E-state index contributed by atoms with van der Waals surface area (Å²) < 4.78 is 5.81. The molecule has 0 saturated heterocycles. The van der Waals surface area contributed by atoms with Crippen LogP contribution < -0.4 is 15.0 Å². The van der Waals surface area contributed by atoms with Crippen molar-refractivity contribution in [1.29, 1.82) is 0 Å². The molecule has 0 aliphatic rings. The maximum absolute atomic E-state index is 12.5. The number of aromatic nitrogens is 1. The third-order valence-corrected chi connectivity index (χ3v) is 5.05. The van der Waals surface area contributed by atoms with E-state index in [0.29, 0.717) is 0 Å². The molecule has 1 aromatic heterocycles. The zero-order chi connectivity index (χ0) is 22.4. The number of nitrogens with zero attached hydrogens (tertiary/aromatic N) is 2. The number of pyridine rings is 1. The summed E-state index contributed by atoms with van der Waals surface area (Å²) in [6.07, 6.45) is 3.37. The molecule has 5 heteroatoms. The Morgan fingerprint density at radius 2 is 1.87 bits per heavy atom. The van der Waals surface area contributed by atoms with Crippen LogP contribution in [-0.2, 0) is 4.79 Å². The lowest BCUT2D eigenvalue weighted by molar-refractivity contribution is -0.111. The third-order valence-electron chi connectivity index (χ3n) is 5.05. The van der Waals surface area contributed by atoms with Crippen LogP contribution in [0.5, 0.6) is 5.75 Å². The summed E-state index contributed by atoms with van der Waals surface area (Å²) >= 11 is 0. The minimum Gasteiger partial charge on any atom is -0.490 e. The van der Waals surface area contributed by atoms with Gasteiger partial charge >= 0.3 is 0 Å². The van der Waals surface area contributed by atoms with Gasteiger partial charge in [-0.25, -0.2) is 4.98 Å². The van der Waals surface area contributed by atoms with Gasteiger partial charge in [0.05, 0.1) is 11.6 Å². The van der Waals surface area contributed by atoms with Crippen molar-refractivity contribution in [3.05, 3.63) is 65.7 Å². The standard InChI is InChI=1S/C26H31N3O2/c1-6-29(7-2)25-16-19(5)22-17-21(13-14-23(22)28-25)27-26(30)15-12-20-10-8-9-11-24(20)31-18(3)4/h8-18H,6-7H2,1-5H3,(H,27,30). The fraction of sp³-hybridized carbons (Fsp3) is 0.308. The molecule has 3 rings (SSSR count). The molecular weight excluding hydrogens is 386 g/mol. The zero-order valence-electron chi connectivity index (χ0n) is 19.0. The monoisotopic (exact) mass is 417 g/mol. The van der Waals surface area contributed by atoms with Crippen LogP contribution in [0.25, 0.3) is 17.0 Å². The van der Waals surface area contributed by atoms with Crippen molar-refractivity contribution < 1.29 is 9.53 Å². The van der Waals surface area contributed by atoms with Gasteiger partial charge in [-0.2, -0.15) is 0 Å². The molecule has 0 atom stereocenters. The molecule has 31 heavy (non-hydrogen) atoms. The van der Waals surface area contributed by atoms with Crippen molar-refractivity contribution in [3.63, 3.8) is 0 Å². The van der Waals surface area contributed by atoms with Gasteiger partial charge in [0.15, 0.2) is 0 Å². The van der Waals surface area contributed by atoms with Crippen LogP contribution in [0.4, 0.5) is 11.5 Å². The number of carbonyl (C=O) groups excluding carboxylic acids is 1. The Labute approximate surface area is 184 Å². The molecule has 2 aromatic carbocycles. The molecule has 0 radical (unpaired) electrons. The molecule has 0 bridgehead atoms. The number of anilines is 2. The summed E-state index contributed by atoms with van der Waals surface area (Å²) in [5, 5.41) is 3.98. The predicted octanol–water partition coefficient (Wildman–Crippen LogP) is 5.83. The summed E-state index contributed by atoms with van der Waals surface area (Å²) in [5.74, 6) is 1.55. The van der Waals surface area contributed by atoms with E-state index in [-0.39, 0.29) is 12.0 Å². The van der Waals surface area contributed by atoms with Gasteiger partial charge in [0, 0.05) is 35.8 Å². The number of para-hydroxylation sites is 1. The van der Waals surface area contributed by atoms with E-state index in [1.54, 1.807) is 6.08 Å². The summed E-state index contributed by atoms with van der Waals surface area (Å²) in [7, 11) is 0. The highest BCUT2D eigenvalue weighted by Gasteiger charge is 2.09. The normalized spacial score (nSPS) is 11.3. The second kappa shape index (κ2) is 10.1. The first-order valence-electron chi connectivity index (χ1n) is 10.8. The number of hydrogen-bond donors (Lipinski definition) is 1. The maximum atomic E-state index is 12.5. The SMILES string of the molecule is CCN(CC)c1cc(C)c2cc(NC(=O)C=Cc3ccccc3OC(C)C)ccc2n1. The minimum atomic E-state index is -0.191. The summed E-state index contributed by atoms with van der Waals surface area (Å²) in [5.41, 5.74) is 3.68. The van der Waals surface area contributed by atoms with E-state index in [9.17, 15) is 4.79 Å². The lowest BCUT2D eigenvalue weighted by atomic mass is 10.1. The van der Waals surface area contributed by atoms with Crippen molar-refractivity contribution in [2.24, 2.45) is 0 Å². The van der Waals surface area contributed by atoms with Gasteiger partial charge < -0.3 is 15.0 Å². The molecule has 0 aliphatic heterocycles. The van der Waals surface area contributed by atoms with Crippen LogP contribution in [-0.4, -0.2) is 30.1 Å². The van der Waals surface area contributed by atoms with E-state index >= 15 is 0 Å². The average Bonchev–Trinajstić information content (AvgIpc) is 2.74. The number of aryl methyl sites for hydroxylation is 1. The fourth-order valence-electron chi connectivity index (χ4n) is 3.49. The minimum absolute atomic E-state index is 0.0695. The second-order valence-electron chi connectivity index (χ2n) is 7.73. The number of rotatable bonds is 8. The first-order chi connectivity index (χ1) is 14.9. The van der Waals surface area contributed by atoms with Crippen molar-refractivity contribution in [2.45, 2.75) is 40.7 Å². The quantitative estimate of drug-likeness (QED) is 0.469. The highest BCUT2D eigenvalue weighted by atomic mass is 16.5. The Balaban J connectivity index is 1.78. The Morgan fingerprint density at radius 3 is 2.58 bits per heavy atom. The van der Waals surface area contributed by atoms with E-state index < -0.39 is 0 Å². The van der Waals surface area contributed by atoms with E-state index in [4.69, 9.17) is 9.72 Å². The molecule has 0 aliphatic carbocycles. The topological polar surface area (TPSA) is 54.5 Å². The van der Waals surface area contributed by atoms with Crippen molar-refractivity contribution in [3.8, 4) is 5.75 Å². The predicted molar refractivity (Wildman–Crippen MR) is 130 cm³/mol. The number of fused-ring (bicyclic) bond motifs is 1. The van der Waals surface area contributed by atoms with Crippen molar-refractivity contribution >= 4 is 34.4 Å². The first-order valence-corrected chi connectivity index (χ1v) is 10.8. The zero-order valence-corrected chi connectivity index (χ0v) is 19.0. The third kappa shape index (κ3) is 5.63. The Morgan fingerprint density at radius 1 is 1.13 bits per heavy atom. The summed E-state index contributed by atoms with van der Waals surface area (Å²) in [6, 6.07) is 15.6. The van der Waals surface area contributed by atoms with Gasteiger partial charge in [-0.05, 0) is 76.6 Å². The largest absolute Gasteiger partial charge is 0.490 e. The number of nitrogens with one attached hydrogen (secondary N) is 1. The molecular formula is C26H31N3O2. The van der Waals surface area contributed by atoms with Gasteiger partial charge in [0.1, 0.15) is 11.6 Å². The Hall–Kier alpha value is -3.34. The molecule has 0 saturated carbocycles. The van der Waals surface area contributed by atoms with Gasteiger partial charge in [-0.1, -0.05) is 18.2 Å². The molecule has 3 aromatic rings. The van der Waals surface area contributed by atoms with Crippen LogP contribution in [0.15, 0.2) is 54.6 Å². The van der Waals surface area contributed by atoms with Crippen LogP contribution >= 0.6 is 0 Å². The van der Waals surface area contributed by atoms with Crippen LogP contribution in [0.2, 0.25) is 0 Å². The van der Waals surface area contributed by atoms with E-state index in [2.05, 4.69) is 37.1 Å². The number of carbonyl (C=O) groups is 1. The van der Waals surface area contributed by atoms with Gasteiger partial charge in [0.25, 0.3) is 0 Å². The smallest absolute Gasteiger partial charge is 0.248 e. The second-order valence-corrected chi connectivity index (χ2v) is 7.73. The average molecular weight is 418 g/mol. The molecule has 1 amide bonds. The number of benzene rings is 2. The van der Waals surface area contributed by atoms with E-state index in [1.807, 2.05) is 56.3 Å².